The first-order chi connectivity index (χ1) is 18.1. The first-order valence-corrected chi connectivity index (χ1v) is 14.1. The summed E-state index contributed by atoms with van der Waals surface area (Å²) in [5.41, 5.74) is 2.89. The number of para-hydroxylation sites is 1. The van der Waals surface area contributed by atoms with E-state index in [0.717, 1.165) is 32.5 Å². The largest absolute Gasteiger partial charge is 0.313 e. The molecule has 0 saturated carbocycles. The lowest BCUT2D eigenvalue weighted by molar-refractivity contribution is 0.585. The SMILES string of the molecule is Cc1cccc2cc(CP(=O)(c3ccccc3)c3ccccc3)n(-c3cccc4cccnc34)c(=O)c12. The van der Waals surface area contributed by atoms with Crippen molar-refractivity contribution in [3.8, 4) is 5.69 Å². The number of aromatic nitrogens is 2. The van der Waals surface area contributed by atoms with E-state index in [1.165, 1.54) is 0 Å². The predicted octanol–water partition coefficient (Wildman–Crippen LogP) is 6.36. The zero-order valence-electron chi connectivity index (χ0n) is 20.4. The van der Waals surface area contributed by atoms with Crippen LogP contribution < -0.4 is 16.2 Å². The standard InChI is InChI=1S/C32H25N2O2P/c1-23-11-8-13-25-21-26(22-37(36,27-15-4-2-5-16-27)28-17-6-3-7-18-28)34(32(35)30(23)25)29-19-9-12-24-14-10-20-33-31(24)29/h2-21H,22H2,1H3. The normalized spacial score (nSPS) is 11.7. The highest BCUT2D eigenvalue weighted by Crippen LogP contribution is 2.47. The average molecular weight is 501 g/mol. The predicted molar refractivity (Wildman–Crippen MR) is 153 cm³/mol. The number of hydrogen-bond acceptors (Lipinski definition) is 3. The van der Waals surface area contributed by atoms with Gasteiger partial charge in [-0.25, -0.2) is 0 Å². The summed E-state index contributed by atoms with van der Waals surface area (Å²) < 4.78 is 16.7. The molecule has 0 saturated heterocycles. The van der Waals surface area contributed by atoms with Gasteiger partial charge in [0.25, 0.3) is 5.56 Å². The molecule has 0 radical (unpaired) electrons. The van der Waals surface area contributed by atoms with Gasteiger partial charge in [0.05, 0.1) is 16.6 Å². The molecule has 37 heavy (non-hydrogen) atoms. The third kappa shape index (κ3) is 4.00. The summed E-state index contributed by atoms with van der Waals surface area (Å²) in [5, 5.41) is 3.98. The van der Waals surface area contributed by atoms with Crippen LogP contribution in [-0.2, 0) is 10.7 Å². The van der Waals surface area contributed by atoms with Crippen LogP contribution in [0, 0.1) is 6.92 Å². The van der Waals surface area contributed by atoms with Crippen molar-refractivity contribution in [3.63, 3.8) is 0 Å². The third-order valence-electron chi connectivity index (χ3n) is 6.91. The molecule has 0 aliphatic heterocycles. The number of hydrogen-bond donors (Lipinski definition) is 0. The molecule has 0 bridgehead atoms. The minimum absolute atomic E-state index is 0.128. The van der Waals surface area contributed by atoms with E-state index in [4.69, 9.17) is 0 Å². The molecular formula is C32H25N2O2P. The molecule has 2 heterocycles. The number of aryl methyl sites for hydroxylation is 1. The van der Waals surface area contributed by atoms with E-state index >= 15 is 4.57 Å². The molecule has 180 valence electrons. The van der Waals surface area contributed by atoms with Crippen LogP contribution in [0.2, 0.25) is 0 Å². The van der Waals surface area contributed by atoms with Crippen LogP contribution >= 0.6 is 7.14 Å². The van der Waals surface area contributed by atoms with E-state index in [1.54, 1.807) is 10.8 Å². The van der Waals surface area contributed by atoms with Crippen molar-refractivity contribution >= 4 is 39.4 Å². The second kappa shape index (κ2) is 9.31. The van der Waals surface area contributed by atoms with Crippen LogP contribution in [0.15, 0.2) is 126 Å². The van der Waals surface area contributed by atoms with Crippen molar-refractivity contribution in [2.75, 3.05) is 0 Å². The van der Waals surface area contributed by atoms with Crippen LogP contribution in [0.5, 0.6) is 0 Å². The Hall–Kier alpha value is -4.27. The molecule has 0 unspecified atom stereocenters. The molecule has 0 aliphatic carbocycles. The topological polar surface area (TPSA) is 52.0 Å². The smallest absolute Gasteiger partial charge is 0.263 e. The fourth-order valence-electron chi connectivity index (χ4n) is 5.14. The summed E-state index contributed by atoms with van der Waals surface area (Å²) in [6.07, 6.45) is 1.94. The second-order valence-electron chi connectivity index (χ2n) is 9.24. The van der Waals surface area contributed by atoms with Gasteiger partial charge in [-0.15, -0.1) is 0 Å². The fraction of sp³-hybridized carbons (Fsp3) is 0.0625. The molecule has 5 heteroatoms. The number of rotatable bonds is 5. The maximum atomic E-state index is 15.0. The highest BCUT2D eigenvalue weighted by Gasteiger charge is 2.30. The summed E-state index contributed by atoms with van der Waals surface area (Å²) in [4.78, 5) is 18.8. The maximum absolute atomic E-state index is 15.0. The van der Waals surface area contributed by atoms with Gasteiger partial charge in [-0.1, -0.05) is 97.1 Å². The quantitative estimate of drug-likeness (QED) is 0.259. The molecule has 0 amide bonds. The Morgan fingerprint density at radius 2 is 1.35 bits per heavy atom. The average Bonchev–Trinajstić information content (AvgIpc) is 2.94. The Labute approximate surface area is 215 Å². The lowest BCUT2D eigenvalue weighted by Gasteiger charge is -2.23. The van der Waals surface area contributed by atoms with Gasteiger partial charge < -0.3 is 4.57 Å². The van der Waals surface area contributed by atoms with Crippen molar-refractivity contribution in [2.45, 2.75) is 13.1 Å². The van der Waals surface area contributed by atoms with Crippen molar-refractivity contribution in [3.05, 3.63) is 143 Å². The monoisotopic (exact) mass is 500 g/mol. The Morgan fingerprint density at radius 3 is 2.05 bits per heavy atom. The van der Waals surface area contributed by atoms with Crippen molar-refractivity contribution < 1.29 is 4.57 Å². The Kier molecular flexibility index (Phi) is 5.82. The van der Waals surface area contributed by atoms with E-state index in [-0.39, 0.29) is 11.7 Å². The summed E-state index contributed by atoms with van der Waals surface area (Å²) in [6, 6.07) is 36.8. The van der Waals surface area contributed by atoms with Crippen LogP contribution in [-0.4, -0.2) is 9.55 Å². The van der Waals surface area contributed by atoms with Gasteiger partial charge in [-0.3, -0.25) is 14.3 Å². The van der Waals surface area contributed by atoms with Gasteiger partial charge in [0.15, 0.2) is 0 Å². The molecular weight excluding hydrogens is 475 g/mol. The molecule has 0 N–H and O–H groups in total. The summed E-state index contributed by atoms with van der Waals surface area (Å²) in [5.74, 6) is 0. The molecule has 6 rings (SSSR count). The highest BCUT2D eigenvalue weighted by atomic mass is 31.2. The van der Waals surface area contributed by atoms with Gasteiger partial charge in [0, 0.05) is 34.0 Å². The van der Waals surface area contributed by atoms with Crippen molar-refractivity contribution in [1.29, 1.82) is 0 Å². The lowest BCUT2D eigenvalue weighted by Crippen LogP contribution is -2.26. The minimum atomic E-state index is -3.14. The van der Waals surface area contributed by atoms with Gasteiger partial charge in [-0.05, 0) is 36.1 Å². The summed E-state index contributed by atoms with van der Waals surface area (Å²) >= 11 is 0. The number of pyridine rings is 2. The van der Waals surface area contributed by atoms with E-state index in [2.05, 4.69) is 4.98 Å². The van der Waals surface area contributed by atoms with Crippen LogP contribution in [0.25, 0.3) is 27.4 Å². The molecule has 0 spiro atoms. The molecule has 2 aromatic heterocycles. The zero-order chi connectivity index (χ0) is 25.4. The summed E-state index contributed by atoms with van der Waals surface area (Å²) in [7, 11) is -3.14. The van der Waals surface area contributed by atoms with E-state index in [9.17, 15) is 4.79 Å². The van der Waals surface area contributed by atoms with Crippen LogP contribution in [0.3, 0.4) is 0 Å². The summed E-state index contributed by atoms with van der Waals surface area (Å²) in [6.45, 7) is 1.95. The Bertz CT molecular complexity index is 1810. The first-order valence-electron chi connectivity index (χ1n) is 12.2. The van der Waals surface area contributed by atoms with E-state index < -0.39 is 7.14 Å². The molecule has 4 aromatic carbocycles. The first kappa shape index (κ1) is 23.1. The van der Waals surface area contributed by atoms with Gasteiger partial charge in [0.2, 0.25) is 0 Å². The van der Waals surface area contributed by atoms with Crippen LogP contribution in [0.4, 0.5) is 0 Å². The molecule has 6 aromatic rings. The van der Waals surface area contributed by atoms with Gasteiger partial charge in [-0.2, -0.15) is 0 Å². The Morgan fingerprint density at radius 1 is 0.730 bits per heavy atom. The van der Waals surface area contributed by atoms with Gasteiger partial charge in [0.1, 0.15) is 7.14 Å². The Balaban J connectivity index is 1.69. The number of nitrogens with zero attached hydrogens (tertiary/aromatic N) is 2. The lowest BCUT2D eigenvalue weighted by atomic mass is 10.1. The van der Waals surface area contributed by atoms with E-state index in [1.807, 2.05) is 122 Å². The van der Waals surface area contributed by atoms with Gasteiger partial charge >= 0.3 is 0 Å². The molecule has 4 nitrogen and oxygen atoms in total. The third-order valence-corrected chi connectivity index (χ3v) is 9.95. The second-order valence-corrected chi connectivity index (χ2v) is 12.1. The molecule has 0 fully saturated rings. The molecule has 0 atom stereocenters. The van der Waals surface area contributed by atoms with Crippen molar-refractivity contribution in [2.24, 2.45) is 0 Å². The maximum Gasteiger partial charge on any atom is 0.263 e. The minimum Gasteiger partial charge on any atom is -0.313 e. The van der Waals surface area contributed by atoms with Crippen molar-refractivity contribution in [1.82, 2.24) is 9.55 Å². The molecule has 0 aliphatic rings. The number of benzene rings is 4. The van der Waals surface area contributed by atoms with Crippen LogP contribution in [0.1, 0.15) is 11.3 Å². The fourth-order valence-corrected chi connectivity index (χ4v) is 7.80. The number of fused-ring (bicyclic) bond motifs is 2. The highest BCUT2D eigenvalue weighted by molar-refractivity contribution is 7.78. The van der Waals surface area contributed by atoms with E-state index in [0.29, 0.717) is 16.8 Å². The zero-order valence-corrected chi connectivity index (χ0v) is 21.3.